The van der Waals surface area contributed by atoms with Gasteiger partial charge in [0.25, 0.3) is 0 Å². The van der Waals surface area contributed by atoms with Crippen LogP contribution in [0.15, 0.2) is 53.6 Å². The van der Waals surface area contributed by atoms with Crippen LogP contribution in [0, 0.1) is 6.92 Å². The summed E-state index contributed by atoms with van der Waals surface area (Å²) in [4.78, 5) is 15.5. The predicted octanol–water partition coefficient (Wildman–Crippen LogP) is 2.45. The van der Waals surface area contributed by atoms with Crippen LogP contribution in [0.25, 0.3) is 0 Å². The fourth-order valence-corrected chi connectivity index (χ4v) is 5.07. The average Bonchev–Trinajstić information content (AvgIpc) is 2.84. The monoisotopic (exact) mass is 470 g/mol. The summed E-state index contributed by atoms with van der Waals surface area (Å²) in [7, 11) is -0.673. The van der Waals surface area contributed by atoms with Gasteiger partial charge in [0.05, 0.1) is 19.1 Å². The molecule has 0 unspecified atom stereocenters. The third-order valence-corrected chi connectivity index (χ3v) is 7.20. The van der Waals surface area contributed by atoms with Gasteiger partial charge in [-0.2, -0.15) is 4.31 Å². The number of nitrogens with zero attached hydrogens (tertiary/aromatic N) is 5. The van der Waals surface area contributed by atoms with E-state index in [4.69, 9.17) is 9.47 Å². The summed E-state index contributed by atoms with van der Waals surface area (Å²) in [5.74, 6) is 3.54. The molecule has 33 heavy (non-hydrogen) atoms. The smallest absolute Gasteiger partial charge is 0.243 e. The first-order chi connectivity index (χ1) is 15.9. The Morgan fingerprint density at radius 1 is 0.909 bits per heavy atom. The Morgan fingerprint density at radius 2 is 1.67 bits per heavy atom. The normalized spacial score (nSPS) is 14.7. The fourth-order valence-electron chi connectivity index (χ4n) is 3.63. The molecule has 0 amide bonds. The maximum atomic E-state index is 13.2. The molecule has 174 valence electrons. The van der Waals surface area contributed by atoms with E-state index < -0.39 is 10.0 Å². The highest BCUT2D eigenvalue weighted by Crippen LogP contribution is 2.31. The third-order valence-electron chi connectivity index (χ3n) is 5.30. The molecule has 0 atom stereocenters. The number of ether oxygens (including phenoxy) is 2. The van der Waals surface area contributed by atoms with Crippen molar-refractivity contribution in [3.05, 3.63) is 54.5 Å². The lowest BCUT2D eigenvalue weighted by atomic mass is 10.3. The Kier molecular flexibility index (Phi) is 6.61. The van der Waals surface area contributed by atoms with E-state index in [9.17, 15) is 8.42 Å². The van der Waals surface area contributed by atoms with Crippen molar-refractivity contribution in [3.8, 4) is 11.5 Å². The number of piperazine rings is 1. The summed E-state index contributed by atoms with van der Waals surface area (Å²) in [6, 6.07) is 12.1. The van der Waals surface area contributed by atoms with Crippen molar-refractivity contribution in [3.63, 3.8) is 0 Å². The largest absolute Gasteiger partial charge is 0.493 e. The Hall–Kier alpha value is -3.44. The van der Waals surface area contributed by atoms with Crippen molar-refractivity contribution in [2.24, 2.45) is 0 Å². The Balaban J connectivity index is 1.47. The number of methoxy groups -OCH3 is 2. The first-order valence-electron chi connectivity index (χ1n) is 10.4. The molecule has 10 nitrogen and oxygen atoms in total. The van der Waals surface area contributed by atoms with Gasteiger partial charge in [-0.3, -0.25) is 0 Å². The van der Waals surface area contributed by atoms with Crippen LogP contribution in [-0.2, 0) is 10.0 Å². The fraction of sp³-hybridized carbons (Fsp3) is 0.318. The minimum atomic E-state index is -3.66. The molecule has 0 aliphatic carbocycles. The van der Waals surface area contributed by atoms with E-state index in [1.165, 1.54) is 30.7 Å². The minimum absolute atomic E-state index is 0.174. The zero-order valence-electron chi connectivity index (χ0n) is 18.7. The van der Waals surface area contributed by atoms with Crippen molar-refractivity contribution in [1.29, 1.82) is 0 Å². The van der Waals surface area contributed by atoms with E-state index in [1.54, 1.807) is 12.3 Å². The van der Waals surface area contributed by atoms with Gasteiger partial charge in [-0.05, 0) is 31.2 Å². The summed E-state index contributed by atoms with van der Waals surface area (Å²) in [5.41, 5.74) is 0. The first-order valence-corrected chi connectivity index (χ1v) is 11.9. The molecule has 0 saturated carbocycles. The molecule has 4 rings (SSSR count). The quantitative estimate of drug-likeness (QED) is 0.557. The zero-order valence-corrected chi connectivity index (χ0v) is 19.5. The van der Waals surface area contributed by atoms with E-state index in [0.29, 0.717) is 55.1 Å². The van der Waals surface area contributed by atoms with Gasteiger partial charge in [-0.1, -0.05) is 6.07 Å². The molecule has 1 fully saturated rings. The highest BCUT2D eigenvalue weighted by molar-refractivity contribution is 7.89. The van der Waals surface area contributed by atoms with E-state index in [2.05, 4.69) is 25.2 Å². The highest BCUT2D eigenvalue weighted by atomic mass is 32.2. The number of aryl methyl sites for hydroxylation is 1. The van der Waals surface area contributed by atoms with Crippen LogP contribution in [0.4, 0.5) is 17.5 Å². The number of pyridine rings is 1. The molecule has 3 heterocycles. The molecule has 0 radical (unpaired) electrons. The maximum absolute atomic E-state index is 13.2. The SMILES string of the molecule is COc1ccc(S(=O)(=O)N2CCN(c3cc(Nc4ccccn4)nc(C)n3)CC2)cc1OC. The topological polar surface area (TPSA) is 110 Å². The second kappa shape index (κ2) is 9.59. The number of hydrogen-bond donors (Lipinski definition) is 1. The predicted molar refractivity (Wildman–Crippen MR) is 125 cm³/mol. The van der Waals surface area contributed by atoms with Gasteiger partial charge >= 0.3 is 0 Å². The summed E-state index contributed by atoms with van der Waals surface area (Å²) in [6.45, 7) is 3.51. The second-order valence-electron chi connectivity index (χ2n) is 7.41. The Morgan fingerprint density at radius 3 is 2.33 bits per heavy atom. The molecular formula is C22H26N6O4S. The van der Waals surface area contributed by atoms with Crippen LogP contribution in [0.3, 0.4) is 0 Å². The van der Waals surface area contributed by atoms with Gasteiger partial charge in [0.15, 0.2) is 11.5 Å². The van der Waals surface area contributed by atoms with Crippen LogP contribution in [0.1, 0.15) is 5.82 Å². The molecule has 0 bridgehead atoms. The van der Waals surface area contributed by atoms with E-state index in [0.717, 1.165) is 5.82 Å². The molecule has 0 spiro atoms. The number of aromatic nitrogens is 3. The molecule has 1 aromatic carbocycles. The molecular weight excluding hydrogens is 444 g/mol. The van der Waals surface area contributed by atoms with Gasteiger partial charge in [0.2, 0.25) is 10.0 Å². The molecule has 1 N–H and O–H groups in total. The lowest BCUT2D eigenvalue weighted by molar-refractivity contribution is 0.353. The number of nitrogens with one attached hydrogen (secondary N) is 1. The first kappa shape index (κ1) is 22.7. The number of benzene rings is 1. The standard InChI is InChI=1S/C22H26N6O4S/c1-16-24-21(26-20-6-4-5-9-23-20)15-22(25-16)27-10-12-28(13-11-27)33(29,30)17-7-8-18(31-2)19(14-17)32-3/h4-9,14-15H,10-13H2,1-3H3,(H,23,24,25,26). The molecule has 3 aromatic rings. The molecule has 1 aliphatic heterocycles. The molecule has 11 heteroatoms. The van der Waals surface area contributed by atoms with Crippen molar-refractivity contribution < 1.29 is 17.9 Å². The third kappa shape index (κ3) is 4.99. The van der Waals surface area contributed by atoms with E-state index in [1.807, 2.05) is 31.2 Å². The van der Waals surface area contributed by atoms with Gasteiger partial charge < -0.3 is 19.7 Å². The molecule has 2 aromatic heterocycles. The van der Waals surface area contributed by atoms with Crippen molar-refractivity contribution in [2.75, 3.05) is 50.6 Å². The average molecular weight is 471 g/mol. The van der Waals surface area contributed by atoms with Crippen LogP contribution in [-0.4, -0.2) is 68.1 Å². The summed E-state index contributed by atoms with van der Waals surface area (Å²) < 4.78 is 38.3. The molecule has 1 aliphatic rings. The lowest BCUT2D eigenvalue weighted by Crippen LogP contribution is -2.49. The van der Waals surface area contributed by atoms with Crippen LogP contribution >= 0.6 is 0 Å². The second-order valence-corrected chi connectivity index (χ2v) is 9.34. The van der Waals surface area contributed by atoms with Crippen LogP contribution in [0.5, 0.6) is 11.5 Å². The van der Waals surface area contributed by atoms with Crippen LogP contribution < -0.4 is 19.7 Å². The van der Waals surface area contributed by atoms with Gasteiger partial charge in [0, 0.05) is 44.5 Å². The van der Waals surface area contributed by atoms with Crippen molar-refractivity contribution >= 4 is 27.5 Å². The van der Waals surface area contributed by atoms with Crippen LogP contribution in [0.2, 0.25) is 0 Å². The van der Waals surface area contributed by atoms with Gasteiger partial charge in [-0.15, -0.1) is 0 Å². The van der Waals surface area contributed by atoms with Gasteiger partial charge in [0.1, 0.15) is 23.3 Å². The number of sulfonamides is 1. The van der Waals surface area contributed by atoms with E-state index >= 15 is 0 Å². The van der Waals surface area contributed by atoms with E-state index in [-0.39, 0.29) is 4.90 Å². The summed E-state index contributed by atoms with van der Waals surface area (Å²) >= 11 is 0. The molecule has 1 saturated heterocycles. The maximum Gasteiger partial charge on any atom is 0.243 e. The van der Waals surface area contributed by atoms with Crippen molar-refractivity contribution in [2.45, 2.75) is 11.8 Å². The summed E-state index contributed by atoms with van der Waals surface area (Å²) in [6.07, 6.45) is 1.70. The summed E-state index contributed by atoms with van der Waals surface area (Å²) in [5, 5.41) is 3.18. The van der Waals surface area contributed by atoms with Crippen molar-refractivity contribution in [1.82, 2.24) is 19.3 Å². The Bertz CT molecular complexity index is 1210. The van der Waals surface area contributed by atoms with Gasteiger partial charge in [-0.25, -0.2) is 23.4 Å². The highest BCUT2D eigenvalue weighted by Gasteiger charge is 2.30. The number of rotatable bonds is 7. The zero-order chi connectivity index (χ0) is 23.4. The minimum Gasteiger partial charge on any atom is -0.493 e. The lowest BCUT2D eigenvalue weighted by Gasteiger charge is -2.34. The Labute approximate surface area is 193 Å². The number of hydrogen-bond acceptors (Lipinski definition) is 9. The number of anilines is 3.